The van der Waals surface area contributed by atoms with E-state index in [1.165, 1.54) is 11.3 Å². The van der Waals surface area contributed by atoms with Crippen LogP contribution in [0.5, 0.6) is 5.75 Å². The zero-order chi connectivity index (χ0) is 15.5. The van der Waals surface area contributed by atoms with Crippen LogP contribution in [-0.2, 0) is 0 Å². The summed E-state index contributed by atoms with van der Waals surface area (Å²) in [5.74, 6) is 0.320. The van der Waals surface area contributed by atoms with E-state index in [-0.39, 0.29) is 5.91 Å². The molecule has 1 heterocycles. The number of hydrogen-bond donors (Lipinski definition) is 1. The number of hydrogen-bond acceptors (Lipinski definition) is 4. The zero-order valence-electron chi connectivity index (χ0n) is 11.8. The third-order valence-corrected chi connectivity index (χ3v) is 4.17. The van der Waals surface area contributed by atoms with Crippen LogP contribution in [-0.4, -0.2) is 17.5 Å². The van der Waals surface area contributed by atoms with E-state index in [1.54, 1.807) is 24.3 Å². The minimum absolute atomic E-state index is 0.241. The summed E-state index contributed by atoms with van der Waals surface area (Å²) in [5, 5.41) is 4.00. The number of halogens is 1. The number of para-hydroxylation sites is 1. The Balaban J connectivity index is 1.86. The van der Waals surface area contributed by atoms with Crippen LogP contribution < -0.4 is 10.1 Å². The number of amides is 1. The molecular formula is C16H13ClN2O2S. The Morgan fingerprint density at radius 3 is 2.95 bits per heavy atom. The minimum Gasteiger partial charge on any atom is -0.493 e. The Bertz CT molecular complexity index is 832. The first-order valence-electron chi connectivity index (χ1n) is 6.76. The van der Waals surface area contributed by atoms with Crippen molar-refractivity contribution in [2.24, 2.45) is 0 Å². The molecule has 112 valence electrons. The number of benzene rings is 2. The molecule has 0 fully saturated rings. The lowest BCUT2D eigenvalue weighted by molar-refractivity contribution is 0.102. The number of carbonyl (C=O) groups is 1. The molecule has 1 N–H and O–H groups in total. The normalized spacial score (nSPS) is 10.6. The average molecular weight is 333 g/mol. The van der Waals surface area contributed by atoms with Crippen molar-refractivity contribution in [3.8, 4) is 5.75 Å². The maximum atomic E-state index is 12.4. The van der Waals surface area contributed by atoms with Gasteiger partial charge in [0, 0.05) is 5.02 Å². The van der Waals surface area contributed by atoms with E-state index in [1.807, 2.05) is 25.1 Å². The van der Waals surface area contributed by atoms with Crippen LogP contribution in [0, 0.1) is 0 Å². The molecule has 2 aromatic carbocycles. The van der Waals surface area contributed by atoms with E-state index in [4.69, 9.17) is 16.3 Å². The van der Waals surface area contributed by atoms with E-state index in [0.717, 1.165) is 10.2 Å². The minimum atomic E-state index is -0.241. The molecule has 0 unspecified atom stereocenters. The van der Waals surface area contributed by atoms with Gasteiger partial charge in [-0.3, -0.25) is 10.1 Å². The molecule has 0 aliphatic heterocycles. The molecule has 1 amide bonds. The summed E-state index contributed by atoms with van der Waals surface area (Å²) in [6.07, 6.45) is 0. The van der Waals surface area contributed by atoms with Crippen molar-refractivity contribution in [1.82, 2.24) is 4.98 Å². The van der Waals surface area contributed by atoms with Gasteiger partial charge in [-0.15, -0.1) is 0 Å². The van der Waals surface area contributed by atoms with Crippen molar-refractivity contribution in [2.45, 2.75) is 6.92 Å². The molecule has 0 saturated heterocycles. The second-order valence-electron chi connectivity index (χ2n) is 4.51. The molecule has 1 aromatic heterocycles. The maximum Gasteiger partial charge on any atom is 0.261 e. The predicted octanol–water partition coefficient (Wildman–Crippen LogP) is 4.60. The third-order valence-electron chi connectivity index (χ3n) is 3.00. The van der Waals surface area contributed by atoms with Crippen molar-refractivity contribution < 1.29 is 9.53 Å². The largest absolute Gasteiger partial charge is 0.493 e. The molecule has 3 rings (SSSR count). The molecule has 4 nitrogen and oxygen atoms in total. The number of nitrogens with zero attached hydrogens (tertiary/aromatic N) is 1. The van der Waals surface area contributed by atoms with Gasteiger partial charge < -0.3 is 4.74 Å². The highest BCUT2D eigenvalue weighted by Gasteiger charge is 2.14. The summed E-state index contributed by atoms with van der Waals surface area (Å²) in [6.45, 7) is 2.38. The molecule has 3 aromatic rings. The topological polar surface area (TPSA) is 51.2 Å². The number of carbonyl (C=O) groups excluding carboxylic acids is 1. The van der Waals surface area contributed by atoms with Gasteiger partial charge in [0.05, 0.1) is 22.4 Å². The number of aromatic nitrogens is 1. The van der Waals surface area contributed by atoms with Crippen LogP contribution in [0.15, 0.2) is 42.5 Å². The molecular weight excluding hydrogens is 320 g/mol. The van der Waals surface area contributed by atoms with Gasteiger partial charge in [0.1, 0.15) is 5.75 Å². The van der Waals surface area contributed by atoms with Crippen LogP contribution in [0.2, 0.25) is 5.02 Å². The lowest BCUT2D eigenvalue weighted by atomic mass is 10.2. The molecule has 0 bridgehead atoms. The van der Waals surface area contributed by atoms with Gasteiger partial charge in [-0.2, -0.15) is 0 Å². The van der Waals surface area contributed by atoms with Crippen molar-refractivity contribution in [3.05, 3.63) is 53.1 Å². The van der Waals surface area contributed by atoms with E-state index in [2.05, 4.69) is 10.3 Å². The highest BCUT2D eigenvalue weighted by molar-refractivity contribution is 7.22. The van der Waals surface area contributed by atoms with Gasteiger partial charge in [0.2, 0.25) is 0 Å². The van der Waals surface area contributed by atoms with Gasteiger partial charge in [0.15, 0.2) is 5.13 Å². The summed E-state index contributed by atoms with van der Waals surface area (Å²) in [6, 6.07) is 12.6. The van der Waals surface area contributed by atoms with Crippen molar-refractivity contribution in [2.75, 3.05) is 11.9 Å². The van der Waals surface area contributed by atoms with E-state index in [9.17, 15) is 4.79 Å². The Labute approximate surface area is 136 Å². The lowest BCUT2D eigenvalue weighted by Crippen LogP contribution is -2.13. The zero-order valence-corrected chi connectivity index (χ0v) is 13.4. The third kappa shape index (κ3) is 3.05. The van der Waals surface area contributed by atoms with Gasteiger partial charge in [-0.05, 0) is 37.3 Å². The first-order chi connectivity index (χ1) is 10.7. The number of rotatable bonds is 4. The second-order valence-corrected chi connectivity index (χ2v) is 5.98. The SMILES string of the molecule is CCOc1ccccc1C(=O)Nc1nc2ccc(Cl)cc2s1. The van der Waals surface area contributed by atoms with Gasteiger partial charge in [0.25, 0.3) is 5.91 Å². The molecule has 0 atom stereocenters. The Kier molecular flexibility index (Phi) is 4.27. The summed E-state index contributed by atoms with van der Waals surface area (Å²) >= 11 is 7.35. The van der Waals surface area contributed by atoms with Gasteiger partial charge in [-0.25, -0.2) is 4.98 Å². The Morgan fingerprint density at radius 1 is 1.32 bits per heavy atom. The molecule has 22 heavy (non-hydrogen) atoms. The highest BCUT2D eigenvalue weighted by Crippen LogP contribution is 2.29. The smallest absolute Gasteiger partial charge is 0.261 e. The first-order valence-corrected chi connectivity index (χ1v) is 7.96. The van der Waals surface area contributed by atoms with E-state index in [0.29, 0.717) is 28.1 Å². The predicted molar refractivity (Wildman–Crippen MR) is 90.2 cm³/mol. The monoisotopic (exact) mass is 332 g/mol. The van der Waals surface area contributed by atoms with E-state index >= 15 is 0 Å². The number of thiazole rings is 1. The van der Waals surface area contributed by atoms with Gasteiger partial charge >= 0.3 is 0 Å². The second kappa shape index (κ2) is 6.34. The molecule has 0 aliphatic rings. The summed E-state index contributed by atoms with van der Waals surface area (Å²) in [4.78, 5) is 16.8. The number of fused-ring (bicyclic) bond motifs is 1. The van der Waals surface area contributed by atoms with E-state index < -0.39 is 0 Å². The fraction of sp³-hybridized carbons (Fsp3) is 0.125. The molecule has 0 spiro atoms. The maximum absolute atomic E-state index is 12.4. The van der Waals surface area contributed by atoms with Crippen molar-refractivity contribution in [1.29, 1.82) is 0 Å². The lowest BCUT2D eigenvalue weighted by Gasteiger charge is -2.08. The van der Waals surface area contributed by atoms with Crippen molar-refractivity contribution >= 4 is 44.2 Å². The number of ether oxygens (including phenoxy) is 1. The molecule has 0 radical (unpaired) electrons. The molecule has 6 heteroatoms. The summed E-state index contributed by atoms with van der Waals surface area (Å²) < 4.78 is 6.41. The molecule has 0 aliphatic carbocycles. The number of anilines is 1. The van der Waals surface area contributed by atoms with Gasteiger partial charge in [-0.1, -0.05) is 35.1 Å². The first kappa shape index (κ1) is 14.8. The summed E-state index contributed by atoms with van der Waals surface area (Å²) in [5.41, 5.74) is 1.30. The van der Waals surface area contributed by atoms with Crippen LogP contribution >= 0.6 is 22.9 Å². The fourth-order valence-electron chi connectivity index (χ4n) is 2.05. The quantitative estimate of drug-likeness (QED) is 0.759. The Hall–Kier alpha value is -2.11. The fourth-order valence-corrected chi connectivity index (χ4v) is 3.19. The van der Waals surface area contributed by atoms with Crippen molar-refractivity contribution in [3.63, 3.8) is 0 Å². The van der Waals surface area contributed by atoms with Crippen LogP contribution in [0.4, 0.5) is 5.13 Å². The average Bonchev–Trinajstić information content (AvgIpc) is 2.89. The van der Waals surface area contributed by atoms with Crippen LogP contribution in [0.25, 0.3) is 10.2 Å². The molecule has 0 saturated carbocycles. The summed E-state index contributed by atoms with van der Waals surface area (Å²) in [7, 11) is 0. The Morgan fingerprint density at radius 2 is 2.14 bits per heavy atom. The standard InChI is InChI=1S/C16H13ClN2O2S/c1-2-21-13-6-4-3-5-11(13)15(20)19-16-18-12-8-7-10(17)9-14(12)22-16/h3-9H,2H2,1H3,(H,18,19,20). The van der Waals surface area contributed by atoms with Crippen LogP contribution in [0.3, 0.4) is 0 Å². The highest BCUT2D eigenvalue weighted by atomic mass is 35.5. The van der Waals surface area contributed by atoms with Crippen LogP contribution in [0.1, 0.15) is 17.3 Å². The number of nitrogens with one attached hydrogen (secondary N) is 1.